The van der Waals surface area contributed by atoms with Crippen LogP contribution >= 0.6 is 23.4 Å². The number of likely N-dealkylation sites (tertiary alicyclic amines) is 1. The van der Waals surface area contributed by atoms with Crippen LogP contribution in [-0.2, 0) is 11.0 Å². The Morgan fingerprint density at radius 1 is 1.07 bits per heavy atom. The van der Waals surface area contributed by atoms with Crippen LogP contribution < -0.4 is 10.6 Å². The summed E-state index contributed by atoms with van der Waals surface area (Å²) in [5, 5.41) is -0.425. The predicted octanol–water partition coefficient (Wildman–Crippen LogP) is 5.59. The van der Waals surface area contributed by atoms with Gasteiger partial charge in [-0.05, 0) is 44.1 Å². The summed E-state index contributed by atoms with van der Waals surface area (Å²) in [6, 6.07) is 1.84. The average Bonchev–Trinajstić information content (AvgIpc) is 3.49. The molecular formula is C29H27ClF5N5O2S. The Bertz CT molecular complexity index is 1680. The smallest absolute Gasteiger partial charge is 0.352 e. The van der Waals surface area contributed by atoms with E-state index in [-0.39, 0.29) is 65.5 Å². The minimum Gasteiger partial charge on any atom is -0.352 e. The fraction of sp³-hybridized carbons (Fsp3) is 0.414. The lowest BCUT2D eigenvalue weighted by atomic mass is 9.95. The Morgan fingerprint density at radius 3 is 2.42 bits per heavy atom. The van der Waals surface area contributed by atoms with Gasteiger partial charge in [-0.25, -0.2) is 13.6 Å². The Kier molecular flexibility index (Phi) is 7.93. The van der Waals surface area contributed by atoms with Crippen molar-refractivity contribution in [1.29, 1.82) is 0 Å². The molecule has 43 heavy (non-hydrogen) atoms. The van der Waals surface area contributed by atoms with Crippen molar-refractivity contribution in [3.05, 3.63) is 63.6 Å². The molecule has 1 aromatic heterocycles. The molecule has 2 fully saturated rings. The lowest BCUT2D eigenvalue weighted by molar-refractivity contribution is -0.137. The molecule has 2 saturated heterocycles. The molecule has 14 heteroatoms. The van der Waals surface area contributed by atoms with Crippen LogP contribution in [0, 0.1) is 11.6 Å². The van der Waals surface area contributed by atoms with Gasteiger partial charge < -0.3 is 14.7 Å². The second kappa shape index (κ2) is 11.4. The van der Waals surface area contributed by atoms with Crippen molar-refractivity contribution >= 4 is 46.0 Å². The number of anilines is 1. The molecule has 3 aliphatic heterocycles. The first-order chi connectivity index (χ1) is 20.5. The predicted molar refractivity (Wildman–Crippen MR) is 156 cm³/mol. The van der Waals surface area contributed by atoms with Crippen LogP contribution in [0.1, 0.15) is 24.4 Å². The number of rotatable bonds is 5. The maximum Gasteiger partial charge on any atom is 0.417 e. The highest BCUT2D eigenvalue weighted by Crippen LogP contribution is 2.50. The first-order valence-electron chi connectivity index (χ1n) is 13.8. The topological polar surface area (TPSA) is 61.7 Å². The lowest BCUT2D eigenvalue weighted by Gasteiger charge is -2.37. The third kappa shape index (κ3) is 5.40. The number of carbonyl (C=O) groups is 1. The molecule has 1 amide bonds. The van der Waals surface area contributed by atoms with E-state index in [0.717, 1.165) is 49.8 Å². The Hall–Kier alpha value is -3.16. The molecule has 7 nitrogen and oxygen atoms in total. The number of hydrogen-bond donors (Lipinski definition) is 0. The number of amides is 1. The zero-order chi connectivity index (χ0) is 30.6. The van der Waals surface area contributed by atoms with E-state index in [0.29, 0.717) is 12.6 Å². The summed E-state index contributed by atoms with van der Waals surface area (Å²) in [6.45, 7) is 6.70. The summed E-state index contributed by atoms with van der Waals surface area (Å²) in [6.07, 6.45) is -1.71. The molecule has 0 spiro atoms. The van der Waals surface area contributed by atoms with E-state index in [1.165, 1.54) is 10.6 Å². The van der Waals surface area contributed by atoms with Crippen LogP contribution in [0.3, 0.4) is 0 Å². The number of halogens is 6. The van der Waals surface area contributed by atoms with Crippen LogP contribution in [0.4, 0.5) is 27.8 Å². The van der Waals surface area contributed by atoms with Crippen molar-refractivity contribution in [3.63, 3.8) is 0 Å². The van der Waals surface area contributed by atoms with Gasteiger partial charge in [0.05, 0.1) is 22.1 Å². The van der Waals surface area contributed by atoms with E-state index < -0.39 is 45.2 Å². The summed E-state index contributed by atoms with van der Waals surface area (Å²) in [4.78, 5) is 35.7. The maximum absolute atomic E-state index is 15.2. The second-order valence-corrected chi connectivity index (χ2v) is 12.3. The number of hydrogen-bond acceptors (Lipinski definition) is 6. The fourth-order valence-corrected chi connectivity index (χ4v) is 7.69. The van der Waals surface area contributed by atoms with Gasteiger partial charge in [0.2, 0.25) is 5.91 Å². The molecule has 4 heterocycles. The SMILES string of the molecule is C=CC(=O)N1CCN(c2nc(=O)n3c4c(c(-c5cc(Cl)c(F)cc5F)c(C(F)(F)F)cc24)SCC3CN2CCCC2)CC1. The standard InChI is InChI=1S/C29H27ClF5N5O2S/c1-2-23(41)38-7-9-39(10-8-38)27-18-11-19(29(33,34)35)24(17-12-20(30)22(32)13-21(17)31)26-25(18)40(28(42)36-27)16(15-43-26)14-37-5-3-4-6-37/h2,11-13,16H,1,3-10,14-15H2. The fourth-order valence-electron chi connectivity index (χ4n) is 6.20. The van der Waals surface area contributed by atoms with Gasteiger partial charge in [-0.1, -0.05) is 18.2 Å². The van der Waals surface area contributed by atoms with Crippen molar-refractivity contribution in [2.24, 2.45) is 0 Å². The zero-order valence-electron chi connectivity index (χ0n) is 22.9. The van der Waals surface area contributed by atoms with E-state index >= 15 is 4.39 Å². The summed E-state index contributed by atoms with van der Waals surface area (Å²) >= 11 is 7.05. The minimum absolute atomic E-state index is 0.0605. The van der Waals surface area contributed by atoms with Crippen molar-refractivity contribution in [2.45, 2.75) is 30.0 Å². The maximum atomic E-state index is 15.2. The molecule has 1 atom stereocenters. The Balaban J connectivity index is 1.61. The molecule has 0 radical (unpaired) electrons. The highest BCUT2D eigenvalue weighted by molar-refractivity contribution is 7.99. The Labute approximate surface area is 252 Å². The molecule has 0 saturated carbocycles. The number of benzene rings is 2. The first kappa shape index (κ1) is 29.9. The van der Waals surface area contributed by atoms with E-state index in [1.54, 1.807) is 9.80 Å². The van der Waals surface area contributed by atoms with Crippen molar-refractivity contribution in [2.75, 3.05) is 56.5 Å². The average molecular weight is 640 g/mol. The Morgan fingerprint density at radius 2 is 1.77 bits per heavy atom. The molecule has 3 aliphatic rings. The highest BCUT2D eigenvalue weighted by atomic mass is 35.5. The van der Waals surface area contributed by atoms with Gasteiger partial charge in [0.15, 0.2) is 0 Å². The molecule has 228 valence electrons. The largest absolute Gasteiger partial charge is 0.417 e. The molecular weight excluding hydrogens is 613 g/mol. The summed E-state index contributed by atoms with van der Waals surface area (Å²) in [5.41, 5.74) is -2.54. The van der Waals surface area contributed by atoms with Crippen molar-refractivity contribution < 1.29 is 26.7 Å². The van der Waals surface area contributed by atoms with Crippen LogP contribution in [0.2, 0.25) is 5.02 Å². The van der Waals surface area contributed by atoms with Gasteiger partial charge in [0.25, 0.3) is 0 Å². The number of aromatic nitrogens is 2. The highest BCUT2D eigenvalue weighted by Gasteiger charge is 2.40. The number of piperazine rings is 1. The van der Waals surface area contributed by atoms with Gasteiger partial charge in [0, 0.05) is 66.0 Å². The van der Waals surface area contributed by atoms with E-state index in [2.05, 4.69) is 16.5 Å². The summed E-state index contributed by atoms with van der Waals surface area (Å²) in [5.74, 6) is -2.24. The van der Waals surface area contributed by atoms with Crippen LogP contribution in [0.25, 0.3) is 22.0 Å². The van der Waals surface area contributed by atoms with E-state index in [9.17, 15) is 27.2 Å². The van der Waals surface area contributed by atoms with Crippen molar-refractivity contribution in [1.82, 2.24) is 19.4 Å². The van der Waals surface area contributed by atoms with Crippen LogP contribution in [0.15, 0.2) is 40.5 Å². The molecule has 2 aromatic carbocycles. The quantitative estimate of drug-likeness (QED) is 0.206. The molecule has 1 unspecified atom stereocenters. The second-order valence-electron chi connectivity index (χ2n) is 10.8. The molecule has 6 rings (SSSR count). The van der Waals surface area contributed by atoms with E-state index in [1.807, 2.05) is 0 Å². The van der Waals surface area contributed by atoms with Gasteiger partial charge in [-0.2, -0.15) is 18.2 Å². The molecule has 0 N–H and O–H groups in total. The molecule has 0 aliphatic carbocycles. The summed E-state index contributed by atoms with van der Waals surface area (Å²) < 4.78 is 75.1. The van der Waals surface area contributed by atoms with Gasteiger partial charge >= 0.3 is 11.9 Å². The van der Waals surface area contributed by atoms with Crippen molar-refractivity contribution in [3.8, 4) is 11.1 Å². The zero-order valence-corrected chi connectivity index (χ0v) is 24.5. The molecule has 3 aromatic rings. The number of thioether (sulfide) groups is 1. The van der Waals surface area contributed by atoms with Crippen LogP contribution in [-0.4, -0.2) is 76.8 Å². The monoisotopic (exact) mass is 639 g/mol. The minimum atomic E-state index is -4.94. The molecule has 0 bridgehead atoms. The number of carbonyl (C=O) groups excluding carboxylic acids is 1. The third-order valence-electron chi connectivity index (χ3n) is 8.25. The van der Waals surface area contributed by atoms with Gasteiger partial charge in [-0.15, -0.1) is 11.8 Å². The first-order valence-corrected chi connectivity index (χ1v) is 15.2. The van der Waals surface area contributed by atoms with Crippen LogP contribution in [0.5, 0.6) is 0 Å². The normalized spacial score (nSPS) is 19.3. The number of nitrogens with zero attached hydrogens (tertiary/aromatic N) is 5. The van der Waals surface area contributed by atoms with Gasteiger partial charge in [0.1, 0.15) is 17.5 Å². The summed E-state index contributed by atoms with van der Waals surface area (Å²) in [7, 11) is 0. The lowest BCUT2D eigenvalue weighted by Crippen LogP contribution is -2.49. The number of alkyl halides is 3. The van der Waals surface area contributed by atoms with Gasteiger partial charge in [-0.3, -0.25) is 9.36 Å². The third-order valence-corrected chi connectivity index (χ3v) is 9.77. The van der Waals surface area contributed by atoms with E-state index in [4.69, 9.17) is 11.6 Å².